The zero-order valence-electron chi connectivity index (χ0n) is 19.8. The number of amides is 1. The van der Waals surface area contributed by atoms with Gasteiger partial charge in [0.15, 0.2) is 0 Å². The fraction of sp³-hybridized carbons (Fsp3) is 0.0690. The summed E-state index contributed by atoms with van der Waals surface area (Å²) in [5.74, 6) is -1.24. The first-order chi connectivity index (χ1) is 17.8. The van der Waals surface area contributed by atoms with Crippen molar-refractivity contribution in [2.45, 2.75) is 6.10 Å². The molecule has 0 spiro atoms. The van der Waals surface area contributed by atoms with E-state index in [1.54, 1.807) is 42.6 Å². The van der Waals surface area contributed by atoms with Gasteiger partial charge in [0.2, 0.25) is 0 Å². The van der Waals surface area contributed by atoms with Crippen LogP contribution in [0.15, 0.2) is 90.8 Å². The number of phenolic OH excluding ortho intramolecular Hbond substituents is 1. The number of benzene rings is 3. The summed E-state index contributed by atoms with van der Waals surface area (Å²) in [5.41, 5.74) is 2.60. The Bertz CT molecular complexity index is 1530. The van der Waals surface area contributed by atoms with E-state index in [1.165, 1.54) is 31.4 Å². The SMILES string of the molecule is COC(=O)C(=Cc1cnc2ccccc2c1)NC(=O)c1ccc(C(O)C=Cc2cccc(O)c2)cc1Cl. The van der Waals surface area contributed by atoms with Gasteiger partial charge < -0.3 is 20.3 Å². The lowest BCUT2D eigenvalue weighted by Crippen LogP contribution is -2.28. The van der Waals surface area contributed by atoms with Crippen molar-refractivity contribution in [1.82, 2.24) is 10.3 Å². The third kappa shape index (κ3) is 6.41. The number of halogens is 1. The third-order valence-corrected chi connectivity index (χ3v) is 5.81. The van der Waals surface area contributed by atoms with Gasteiger partial charge in [0.05, 0.1) is 29.3 Å². The molecule has 1 unspecified atom stereocenters. The number of aliphatic hydroxyl groups is 1. The second-order valence-electron chi connectivity index (χ2n) is 8.10. The van der Waals surface area contributed by atoms with Crippen LogP contribution < -0.4 is 5.32 Å². The van der Waals surface area contributed by atoms with Crippen molar-refractivity contribution in [2.75, 3.05) is 7.11 Å². The van der Waals surface area contributed by atoms with Gasteiger partial charge in [0, 0.05) is 11.6 Å². The fourth-order valence-electron chi connectivity index (χ4n) is 3.62. The summed E-state index contributed by atoms with van der Waals surface area (Å²) in [6, 6.07) is 20.5. The Hall–Kier alpha value is -4.46. The number of fused-ring (bicyclic) bond motifs is 1. The van der Waals surface area contributed by atoms with Gasteiger partial charge in [0.25, 0.3) is 5.91 Å². The minimum Gasteiger partial charge on any atom is -0.508 e. The van der Waals surface area contributed by atoms with E-state index >= 15 is 0 Å². The second kappa shape index (κ2) is 11.5. The van der Waals surface area contributed by atoms with Crippen molar-refractivity contribution in [3.8, 4) is 5.75 Å². The lowest BCUT2D eigenvalue weighted by Gasteiger charge is -2.12. The first kappa shape index (κ1) is 25.6. The predicted molar refractivity (Wildman–Crippen MR) is 143 cm³/mol. The summed E-state index contributed by atoms with van der Waals surface area (Å²) in [6.45, 7) is 0. The van der Waals surface area contributed by atoms with Crippen molar-refractivity contribution < 1.29 is 24.5 Å². The zero-order valence-corrected chi connectivity index (χ0v) is 20.5. The maximum absolute atomic E-state index is 13.0. The van der Waals surface area contributed by atoms with Gasteiger partial charge >= 0.3 is 5.97 Å². The lowest BCUT2D eigenvalue weighted by molar-refractivity contribution is -0.136. The van der Waals surface area contributed by atoms with E-state index in [1.807, 2.05) is 30.3 Å². The molecule has 4 aromatic rings. The fourth-order valence-corrected chi connectivity index (χ4v) is 3.90. The van der Waals surface area contributed by atoms with Crippen molar-refractivity contribution in [1.29, 1.82) is 0 Å². The number of hydrogen-bond donors (Lipinski definition) is 3. The number of para-hydroxylation sites is 1. The highest BCUT2D eigenvalue weighted by Crippen LogP contribution is 2.24. The Labute approximate surface area is 218 Å². The molecule has 7 nitrogen and oxygen atoms in total. The van der Waals surface area contributed by atoms with E-state index in [-0.39, 0.29) is 22.0 Å². The van der Waals surface area contributed by atoms with Gasteiger partial charge in [-0.3, -0.25) is 9.78 Å². The second-order valence-corrected chi connectivity index (χ2v) is 8.51. The van der Waals surface area contributed by atoms with Crippen molar-refractivity contribution in [3.63, 3.8) is 0 Å². The Morgan fingerprint density at radius 2 is 1.84 bits per heavy atom. The summed E-state index contributed by atoms with van der Waals surface area (Å²) in [4.78, 5) is 29.7. The van der Waals surface area contributed by atoms with Crippen molar-refractivity contribution in [2.24, 2.45) is 0 Å². The van der Waals surface area contributed by atoms with Crippen LogP contribution in [0, 0.1) is 0 Å². The molecule has 0 fully saturated rings. The molecule has 0 aliphatic heterocycles. The van der Waals surface area contributed by atoms with E-state index in [2.05, 4.69) is 10.3 Å². The number of nitrogens with zero attached hydrogens (tertiary/aromatic N) is 1. The number of hydrogen-bond acceptors (Lipinski definition) is 6. The average molecular weight is 515 g/mol. The van der Waals surface area contributed by atoms with Gasteiger partial charge in [-0.15, -0.1) is 0 Å². The molecule has 1 heterocycles. The molecule has 1 amide bonds. The Balaban J connectivity index is 1.53. The number of ether oxygens (including phenoxy) is 1. The number of aromatic hydroxyl groups is 1. The van der Waals surface area contributed by atoms with Gasteiger partial charge in [-0.25, -0.2) is 4.79 Å². The van der Waals surface area contributed by atoms with Crippen LogP contribution in [-0.4, -0.2) is 34.2 Å². The smallest absolute Gasteiger partial charge is 0.354 e. The summed E-state index contributed by atoms with van der Waals surface area (Å²) >= 11 is 6.35. The Morgan fingerprint density at radius 1 is 1.03 bits per heavy atom. The van der Waals surface area contributed by atoms with Gasteiger partial charge in [0.1, 0.15) is 11.4 Å². The molecule has 0 saturated heterocycles. The van der Waals surface area contributed by atoms with Crippen LogP contribution in [0.1, 0.15) is 33.2 Å². The first-order valence-electron chi connectivity index (χ1n) is 11.2. The van der Waals surface area contributed by atoms with Crippen LogP contribution >= 0.6 is 11.6 Å². The largest absolute Gasteiger partial charge is 0.508 e. The van der Waals surface area contributed by atoms with Crippen molar-refractivity contribution in [3.05, 3.63) is 118 Å². The quantitative estimate of drug-likeness (QED) is 0.228. The number of esters is 1. The molecule has 186 valence electrons. The van der Waals surface area contributed by atoms with Crippen LogP contribution in [0.3, 0.4) is 0 Å². The molecule has 0 aliphatic rings. The molecule has 0 radical (unpaired) electrons. The molecule has 8 heteroatoms. The molecule has 0 saturated carbocycles. The molecular weight excluding hydrogens is 492 g/mol. The monoisotopic (exact) mass is 514 g/mol. The molecule has 3 aromatic carbocycles. The average Bonchev–Trinajstić information content (AvgIpc) is 2.90. The number of methoxy groups -OCH3 is 1. The minimum absolute atomic E-state index is 0.0844. The van der Waals surface area contributed by atoms with Crippen LogP contribution in [0.2, 0.25) is 5.02 Å². The van der Waals surface area contributed by atoms with Crippen LogP contribution in [0.4, 0.5) is 0 Å². The number of rotatable bonds is 7. The predicted octanol–water partition coefficient (Wildman–Crippen LogP) is 5.28. The summed E-state index contributed by atoms with van der Waals surface area (Å²) in [5, 5.41) is 23.6. The maximum Gasteiger partial charge on any atom is 0.354 e. The molecule has 1 aromatic heterocycles. The lowest BCUT2D eigenvalue weighted by atomic mass is 10.0. The first-order valence-corrected chi connectivity index (χ1v) is 11.6. The number of carbonyl (C=O) groups is 2. The molecule has 37 heavy (non-hydrogen) atoms. The number of pyridine rings is 1. The van der Waals surface area contributed by atoms with Crippen LogP contribution in [0.5, 0.6) is 5.75 Å². The summed E-state index contributed by atoms with van der Waals surface area (Å²) in [6.07, 6.45) is 5.26. The van der Waals surface area contributed by atoms with Crippen LogP contribution in [-0.2, 0) is 9.53 Å². The van der Waals surface area contributed by atoms with Gasteiger partial charge in [-0.05, 0) is 59.2 Å². The summed E-state index contributed by atoms with van der Waals surface area (Å²) in [7, 11) is 1.22. The van der Waals surface area contributed by atoms with Crippen LogP contribution in [0.25, 0.3) is 23.1 Å². The standard InChI is InChI=1S/C29H23ClN2O5/c1-37-29(36)26(15-19-13-20-6-2-3-8-25(20)31-17-19)32-28(35)23-11-10-21(16-24(23)30)27(34)12-9-18-5-4-7-22(33)14-18/h2-17,27,33-34H,1H3,(H,32,35). The maximum atomic E-state index is 13.0. The molecule has 1 atom stereocenters. The number of carbonyl (C=O) groups excluding carboxylic acids is 2. The summed E-state index contributed by atoms with van der Waals surface area (Å²) < 4.78 is 4.83. The number of aliphatic hydroxyl groups excluding tert-OH is 1. The highest BCUT2D eigenvalue weighted by Gasteiger charge is 2.18. The van der Waals surface area contributed by atoms with Gasteiger partial charge in [-0.1, -0.05) is 60.2 Å². The minimum atomic E-state index is -0.997. The molecular formula is C29H23ClN2O5. The molecule has 3 N–H and O–H groups in total. The van der Waals surface area contributed by atoms with E-state index in [4.69, 9.17) is 16.3 Å². The van der Waals surface area contributed by atoms with E-state index < -0.39 is 18.0 Å². The number of nitrogens with one attached hydrogen (secondary N) is 1. The highest BCUT2D eigenvalue weighted by atomic mass is 35.5. The number of aromatic nitrogens is 1. The van der Waals surface area contributed by atoms with Gasteiger partial charge in [-0.2, -0.15) is 0 Å². The number of phenols is 1. The molecule has 0 bridgehead atoms. The molecule has 4 rings (SSSR count). The van der Waals surface area contributed by atoms with E-state index in [0.29, 0.717) is 16.7 Å². The third-order valence-electron chi connectivity index (χ3n) is 5.50. The highest BCUT2D eigenvalue weighted by molar-refractivity contribution is 6.34. The topological polar surface area (TPSA) is 109 Å². The zero-order chi connectivity index (χ0) is 26.4. The van der Waals surface area contributed by atoms with E-state index in [9.17, 15) is 19.8 Å². The normalized spacial score (nSPS) is 12.5. The Kier molecular flexibility index (Phi) is 7.98. The Morgan fingerprint density at radius 3 is 2.59 bits per heavy atom. The molecule has 0 aliphatic carbocycles. The van der Waals surface area contributed by atoms with Crippen molar-refractivity contribution >= 4 is 46.5 Å². The van der Waals surface area contributed by atoms with E-state index in [0.717, 1.165) is 10.9 Å².